The van der Waals surface area contributed by atoms with Gasteiger partial charge in [-0.25, -0.2) is 4.39 Å². The molecule has 0 aliphatic heterocycles. The lowest BCUT2D eigenvalue weighted by atomic mass is 9.66. The van der Waals surface area contributed by atoms with Gasteiger partial charge in [0, 0.05) is 17.6 Å². The van der Waals surface area contributed by atoms with Crippen LogP contribution in [0.4, 0.5) is 4.39 Å². The maximum Gasteiger partial charge on any atom is 0.316 e. The van der Waals surface area contributed by atoms with Gasteiger partial charge in [0.15, 0.2) is 0 Å². The van der Waals surface area contributed by atoms with Crippen molar-refractivity contribution in [1.82, 2.24) is 10.3 Å². The minimum Gasteiger partial charge on any atom is -0.326 e. The molecule has 5 nitrogen and oxygen atoms in total. The Morgan fingerprint density at radius 3 is 2.67 bits per heavy atom. The molecule has 1 saturated carbocycles. The third-order valence-corrected chi connectivity index (χ3v) is 7.92. The highest BCUT2D eigenvalue weighted by Gasteiger charge is 2.35. The minimum atomic E-state index is -2.82. The van der Waals surface area contributed by atoms with Crippen molar-refractivity contribution in [1.29, 1.82) is 0 Å². The Hall–Kier alpha value is -1.24. The fraction of sp³-hybridized carbons (Fsp3) is 0.560. The number of thioether (sulfide) groups is 1. The Kier molecular flexibility index (Phi) is 11.4. The Labute approximate surface area is 201 Å². The first-order valence-electron chi connectivity index (χ1n) is 12.0. The summed E-state index contributed by atoms with van der Waals surface area (Å²) in [5, 5.41) is 3.26. The number of nitrogens with zero attached hydrogens (tertiary/aromatic N) is 1. The highest BCUT2D eigenvalue weighted by atomic mass is 32.2. The predicted octanol–water partition coefficient (Wildman–Crippen LogP) is 6.26. The number of unbranched alkanes of at least 4 members (excludes halogenated alkanes) is 1. The normalized spacial score (nSPS) is 16.5. The van der Waals surface area contributed by atoms with Crippen molar-refractivity contribution in [2.24, 2.45) is 0 Å². The zero-order chi connectivity index (χ0) is 23.4. The molecule has 1 aliphatic carbocycles. The summed E-state index contributed by atoms with van der Waals surface area (Å²) in [6, 6.07) is 11.5. The van der Waals surface area contributed by atoms with Crippen LogP contribution in [-0.2, 0) is 21.0 Å². The van der Waals surface area contributed by atoms with Crippen molar-refractivity contribution in [3.63, 3.8) is 0 Å². The molecule has 8 heteroatoms. The van der Waals surface area contributed by atoms with Crippen molar-refractivity contribution in [2.45, 2.75) is 74.6 Å². The van der Waals surface area contributed by atoms with Gasteiger partial charge < -0.3 is 14.7 Å². The summed E-state index contributed by atoms with van der Waals surface area (Å²) in [7, 11) is -2.82. The molecule has 2 N–H and O–H groups in total. The SMILES string of the molecule is O=[PH](O)OCCCNCc1ccc(SCCCCC2(c3ccccc3F)CCCCC2)cn1. The first kappa shape index (κ1) is 26.4. The lowest BCUT2D eigenvalue weighted by Crippen LogP contribution is -2.30. The van der Waals surface area contributed by atoms with Gasteiger partial charge in [-0.3, -0.25) is 9.55 Å². The van der Waals surface area contributed by atoms with E-state index in [1.165, 1.54) is 24.2 Å². The van der Waals surface area contributed by atoms with Crippen molar-refractivity contribution in [3.8, 4) is 0 Å². The molecule has 1 aromatic carbocycles. The highest BCUT2D eigenvalue weighted by molar-refractivity contribution is 7.99. The van der Waals surface area contributed by atoms with Gasteiger partial charge in [0.25, 0.3) is 0 Å². The van der Waals surface area contributed by atoms with Gasteiger partial charge in [-0.2, -0.15) is 0 Å². The van der Waals surface area contributed by atoms with Crippen LogP contribution < -0.4 is 5.32 Å². The van der Waals surface area contributed by atoms with E-state index in [1.807, 2.05) is 36.2 Å². The van der Waals surface area contributed by atoms with Crippen LogP contribution >= 0.6 is 20.0 Å². The molecule has 1 unspecified atom stereocenters. The Morgan fingerprint density at radius 1 is 1.12 bits per heavy atom. The summed E-state index contributed by atoms with van der Waals surface area (Å²) in [6.45, 7) is 1.66. The van der Waals surface area contributed by atoms with Crippen LogP contribution in [0.2, 0.25) is 0 Å². The molecule has 1 heterocycles. The van der Waals surface area contributed by atoms with Gasteiger partial charge in [-0.05, 0) is 73.6 Å². The van der Waals surface area contributed by atoms with E-state index in [4.69, 9.17) is 4.89 Å². The van der Waals surface area contributed by atoms with E-state index in [9.17, 15) is 8.96 Å². The topological polar surface area (TPSA) is 71.5 Å². The molecule has 1 fully saturated rings. The molecule has 1 aromatic heterocycles. The standard InChI is InChI=1S/C25H36FN2O3PS/c26-24-10-3-2-9-23(24)25(13-4-1-5-14-25)15-6-7-18-33-22-12-11-21(28-20-22)19-27-16-8-17-31-32(29)30/h2-3,9-12,20,27,32H,1,4-8,13-19H2,(H,29,30). The molecule has 1 aliphatic rings. The number of halogens is 1. The van der Waals surface area contributed by atoms with Crippen LogP contribution in [0.1, 0.15) is 69.0 Å². The Balaban J connectivity index is 1.36. The number of pyridine rings is 1. The van der Waals surface area contributed by atoms with E-state index in [0.717, 1.165) is 49.1 Å². The molecule has 33 heavy (non-hydrogen) atoms. The number of hydrogen-bond acceptors (Lipinski definition) is 5. The van der Waals surface area contributed by atoms with Crippen molar-refractivity contribution < 1.29 is 18.4 Å². The molecule has 0 radical (unpaired) electrons. The molecular formula is C25H36FN2O3PS. The molecular weight excluding hydrogens is 458 g/mol. The molecule has 0 spiro atoms. The summed E-state index contributed by atoms with van der Waals surface area (Å²) >= 11 is 1.83. The second-order valence-corrected chi connectivity index (χ2v) is 10.7. The number of aromatic nitrogens is 1. The average molecular weight is 495 g/mol. The van der Waals surface area contributed by atoms with E-state index in [1.54, 1.807) is 12.1 Å². The number of hydrogen-bond donors (Lipinski definition) is 2. The molecule has 1 atom stereocenters. The fourth-order valence-corrected chi connectivity index (χ4v) is 5.90. The van der Waals surface area contributed by atoms with Gasteiger partial charge in [-0.15, -0.1) is 11.8 Å². The van der Waals surface area contributed by atoms with Crippen molar-refractivity contribution >= 4 is 20.0 Å². The molecule has 0 amide bonds. The number of rotatable bonds is 14. The van der Waals surface area contributed by atoms with Gasteiger partial charge in [-0.1, -0.05) is 43.9 Å². The summed E-state index contributed by atoms with van der Waals surface area (Å²) in [5.41, 5.74) is 1.93. The average Bonchev–Trinajstić information content (AvgIpc) is 2.82. The third-order valence-electron chi connectivity index (χ3n) is 6.40. The first-order valence-corrected chi connectivity index (χ1v) is 14.2. The van der Waals surface area contributed by atoms with E-state index >= 15 is 0 Å². The van der Waals surface area contributed by atoms with Crippen LogP contribution in [0.3, 0.4) is 0 Å². The van der Waals surface area contributed by atoms with Gasteiger partial charge in [0.2, 0.25) is 0 Å². The van der Waals surface area contributed by atoms with Gasteiger partial charge >= 0.3 is 8.25 Å². The molecule has 182 valence electrons. The second-order valence-electron chi connectivity index (χ2n) is 8.76. The van der Waals surface area contributed by atoms with Crippen LogP contribution in [0, 0.1) is 5.82 Å². The smallest absolute Gasteiger partial charge is 0.316 e. The van der Waals surface area contributed by atoms with Crippen molar-refractivity contribution in [2.75, 3.05) is 18.9 Å². The summed E-state index contributed by atoms with van der Waals surface area (Å²) < 4.78 is 29.7. The first-order chi connectivity index (χ1) is 16.1. The lowest BCUT2D eigenvalue weighted by molar-refractivity contribution is 0.260. The number of benzene rings is 1. The Bertz CT molecular complexity index is 863. The molecule has 3 rings (SSSR count). The van der Waals surface area contributed by atoms with E-state index in [0.29, 0.717) is 19.5 Å². The zero-order valence-corrected chi connectivity index (χ0v) is 21.0. The van der Waals surface area contributed by atoms with Gasteiger partial charge in [0.05, 0.1) is 12.3 Å². The van der Waals surface area contributed by atoms with E-state index < -0.39 is 8.25 Å². The summed E-state index contributed by atoms with van der Waals surface area (Å²) in [5.74, 6) is 1.01. The minimum absolute atomic E-state index is 0.0206. The van der Waals surface area contributed by atoms with Gasteiger partial charge in [0.1, 0.15) is 5.82 Å². The van der Waals surface area contributed by atoms with Crippen LogP contribution in [0.15, 0.2) is 47.5 Å². The lowest BCUT2D eigenvalue weighted by Gasteiger charge is -2.38. The molecule has 0 bridgehead atoms. The molecule has 0 saturated heterocycles. The van der Waals surface area contributed by atoms with Crippen LogP contribution in [0.25, 0.3) is 0 Å². The summed E-state index contributed by atoms with van der Waals surface area (Å²) in [4.78, 5) is 14.3. The van der Waals surface area contributed by atoms with Crippen LogP contribution in [-0.4, -0.2) is 28.8 Å². The highest BCUT2D eigenvalue weighted by Crippen LogP contribution is 2.44. The van der Waals surface area contributed by atoms with E-state index in [-0.39, 0.29) is 17.8 Å². The van der Waals surface area contributed by atoms with E-state index in [2.05, 4.69) is 20.9 Å². The second kappa shape index (κ2) is 14.2. The Morgan fingerprint density at radius 2 is 1.94 bits per heavy atom. The fourth-order valence-electron chi connectivity index (χ4n) is 4.70. The largest absolute Gasteiger partial charge is 0.326 e. The molecule has 2 aromatic rings. The maximum absolute atomic E-state index is 14.6. The zero-order valence-electron chi connectivity index (χ0n) is 19.2. The van der Waals surface area contributed by atoms with Crippen molar-refractivity contribution in [3.05, 3.63) is 59.7 Å². The predicted molar refractivity (Wildman–Crippen MR) is 133 cm³/mol. The monoisotopic (exact) mass is 494 g/mol. The van der Waals surface area contributed by atoms with Crippen LogP contribution in [0.5, 0.6) is 0 Å². The number of nitrogens with one attached hydrogen (secondary N) is 1. The third kappa shape index (κ3) is 8.80. The maximum atomic E-state index is 14.6. The summed E-state index contributed by atoms with van der Waals surface area (Å²) in [6.07, 6.45) is 11.8. The quantitative estimate of drug-likeness (QED) is 0.183.